The summed E-state index contributed by atoms with van der Waals surface area (Å²) in [4.78, 5) is 4.14. The maximum atomic E-state index is 5.37. The second-order valence-electron chi connectivity index (χ2n) is 2.09. The van der Waals surface area contributed by atoms with E-state index in [-0.39, 0.29) is 0 Å². The van der Waals surface area contributed by atoms with E-state index in [4.69, 9.17) is 5.73 Å². The topological polar surface area (TPSA) is 43.8 Å². The molecule has 56 valence electrons. The van der Waals surface area contributed by atoms with Crippen molar-refractivity contribution in [3.8, 4) is 0 Å². The van der Waals surface area contributed by atoms with Gasteiger partial charge < -0.3 is 10.3 Å². The second kappa shape index (κ2) is 3.16. The van der Waals surface area contributed by atoms with Crippen LogP contribution in [0.3, 0.4) is 0 Å². The Hall–Kier alpha value is -0.350. The van der Waals surface area contributed by atoms with Crippen LogP contribution in [0.25, 0.3) is 0 Å². The fourth-order valence-corrected chi connectivity index (χ4v) is 1.09. The van der Waals surface area contributed by atoms with Gasteiger partial charge in [-0.15, -0.1) is 0 Å². The quantitative estimate of drug-likeness (QED) is 0.769. The van der Waals surface area contributed by atoms with Crippen molar-refractivity contribution in [2.24, 2.45) is 12.8 Å². The van der Waals surface area contributed by atoms with Crippen LogP contribution in [0.1, 0.15) is 5.82 Å². The van der Waals surface area contributed by atoms with Gasteiger partial charge in [0.2, 0.25) is 0 Å². The van der Waals surface area contributed by atoms with Crippen molar-refractivity contribution in [3.05, 3.63) is 16.6 Å². The first-order chi connectivity index (χ1) is 4.75. The number of hydrogen-bond acceptors (Lipinski definition) is 2. The van der Waals surface area contributed by atoms with E-state index in [2.05, 4.69) is 20.9 Å². The van der Waals surface area contributed by atoms with Crippen LogP contribution < -0.4 is 5.73 Å². The van der Waals surface area contributed by atoms with E-state index in [1.165, 1.54) is 0 Å². The third-order valence-electron chi connectivity index (χ3n) is 1.40. The molecule has 0 amide bonds. The average molecular weight is 204 g/mol. The number of hydrogen-bond donors (Lipinski definition) is 1. The molecular formula is C6H10BrN3. The van der Waals surface area contributed by atoms with Crippen molar-refractivity contribution in [3.63, 3.8) is 0 Å². The van der Waals surface area contributed by atoms with Crippen molar-refractivity contribution in [2.45, 2.75) is 6.42 Å². The first-order valence-electron chi connectivity index (χ1n) is 3.12. The number of nitrogens with zero attached hydrogens (tertiary/aromatic N) is 2. The summed E-state index contributed by atoms with van der Waals surface area (Å²) in [5, 5.41) is 0. The summed E-state index contributed by atoms with van der Waals surface area (Å²) < 4.78 is 2.98. The molecule has 0 saturated carbocycles. The molecule has 0 bridgehead atoms. The zero-order chi connectivity index (χ0) is 7.56. The highest BCUT2D eigenvalue weighted by molar-refractivity contribution is 9.10. The standard InChI is InChI=1S/C6H10BrN3/c1-10-5(7)4-9-6(10)2-3-8/h4H,2-3,8H2,1H3. The lowest BCUT2D eigenvalue weighted by atomic mass is 10.4. The van der Waals surface area contributed by atoms with E-state index in [0.29, 0.717) is 6.54 Å². The Morgan fingerprint density at radius 1 is 1.80 bits per heavy atom. The van der Waals surface area contributed by atoms with E-state index in [1.54, 1.807) is 6.20 Å². The molecule has 0 fully saturated rings. The van der Waals surface area contributed by atoms with Crippen molar-refractivity contribution in [1.82, 2.24) is 9.55 Å². The number of nitrogens with two attached hydrogens (primary N) is 1. The zero-order valence-electron chi connectivity index (χ0n) is 5.84. The van der Waals surface area contributed by atoms with Gasteiger partial charge in [-0.2, -0.15) is 0 Å². The predicted octanol–water partition coefficient (Wildman–Crippen LogP) is 0.684. The summed E-state index contributed by atoms with van der Waals surface area (Å²) in [6.45, 7) is 0.650. The summed E-state index contributed by atoms with van der Waals surface area (Å²) in [5.74, 6) is 1.02. The largest absolute Gasteiger partial charge is 0.330 e. The van der Waals surface area contributed by atoms with Gasteiger partial charge in [-0.3, -0.25) is 0 Å². The smallest absolute Gasteiger partial charge is 0.110 e. The molecule has 0 aliphatic carbocycles. The fraction of sp³-hybridized carbons (Fsp3) is 0.500. The first kappa shape index (κ1) is 7.75. The molecule has 0 spiro atoms. The second-order valence-corrected chi connectivity index (χ2v) is 2.91. The Bertz CT molecular complexity index is 219. The van der Waals surface area contributed by atoms with Crippen LogP contribution in [0.4, 0.5) is 0 Å². The number of rotatable bonds is 2. The van der Waals surface area contributed by atoms with E-state index < -0.39 is 0 Å². The predicted molar refractivity (Wildman–Crippen MR) is 43.7 cm³/mol. The Kier molecular flexibility index (Phi) is 2.45. The minimum atomic E-state index is 0.650. The van der Waals surface area contributed by atoms with Gasteiger partial charge >= 0.3 is 0 Å². The van der Waals surface area contributed by atoms with Crippen LogP contribution in [-0.4, -0.2) is 16.1 Å². The van der Waals surface area contributed by atoms with Crippen molar-refractivity contribution < 1.29 is 0 Å². The summed E-state index contributed by atoms with van der Waals surface area (Å²) >= 11 is 3.35. The molecule has 2 N–H and O–H groups in total. The molecule has 0 radical (unpaired) electrons. The highest BCUT2D eigenvalue weighted by Gasteiger charge is 2.00. The van der Waals surface area contributed by atoms with E-state index in [9.17, 15) is 0 Å². The Labute approximate surface area is 68.4 Å². The molecule has 1 heterocycles. The third kappa shape index (κ3) is 1.38. The lowest BCUT2D eigenvalue weighted by molar-refractivity contribution is 0.767. The monoisotopic (exact) mass is 203 g/mol. The molecule has 4 heteroatoms. The lowest BCUT2D eigenvalue weighted by Gasteiger charge is -1.98. The molecular weight excluding hydrogens is 194 g/mol. The Morgan fingerprint density at radius 2 is 2.50 bits per heavy atom. The third-order valence-corrected chi connectivity index (χ3v) is 2.13. The number of halogens is 1. The van der Waals surface area contributed by atoms with E-state index in [0.717, 1.165) is 16.8 Å². The van der Waals surface area contributed by atoms with Crippen LogP contribution in [-0.2, 0) is 13.5 Å². The van der Waals surface area contributed by atoms with E-state index >= 15 is 0 Å². The van der Waals surface area contributed by atoms with Gasteiger partial charge in [-0.05, 0) is 22.5 Å². The minimum Gasteiger partial charge on any atom is -0.330 e. The summed E-state index contributed by atoms with van der Waals surface area (Å²) in [5.41, 5.74) is 5.37. The first-order valence-corrected chi connectivity index (χ1v) is 3.91. The van der Waals surface area contributed by atoms with Crippen LogP contribution in [0, 0.1) is 0 Å². The molecule has 3 nitrogen and oxygen atoms in total. The molecule has 0 aromatic carbocycles. The van der Waals surface area contributed by atoms with Gasteiger partial charge in [0.1, 0.15) is 10.4 Å². The average Bonchev–Trinajstić information content (AvgIpc) is 2.20. The number of imidazole rings is 1. The highest BCUT2D eigenvalue weighted by Crippen LogP contribution is 2.09. The van der Waals surface area contributed by atoms with Crippen LogP contribution in [0.2, 0.25) is 0 Å². The molecule has 1 aromatic rings. The van der Waals surface area contributed by atoms with Crippen LogP contribution >= 0.6 is 15.9 Å². The molecule has 10 heavy (non-hydrogen) atoms. The SMILES string of the molecule is Cn1c(Br)cnc1CCN. The van der Waals surface area contributed by atoms with Crippen molar-refractivity contribution >= 4 is 15.9 Å². The molecule has 0 unspecified atom stereocenters. The fourth-order valence-electron chi connectivity index (χ4n) is 0.786. The van der Waals surface area contributed by atoms with Gasteiger partial charge in [0.25, 0.3) is 0 Å². The highest BCUT2D eigenvalue weighted by atomic mass is 79.9. The Morgan fingerprint density at radius 3 is 2.90 bits per heavy atom. The molecule has 0 aliphatic heterocycles. The van der Waals surface area contributed by atoms with Gasteiger partial charge in [0.15, 0.2) is 0 Å². The van der Waals surface area contributed by atoms with Gasteiger partial charge in [-0.1, -0.05) is 0 Å². The minimum absolute atomic E-state index is 0.650. The van der Waals surface area contributed by atoms with Gasteiger partial charge in [0.05, 0.1) is 6.20 Å². The van der Waals surface area contributed by atoms with Crippen molar-refractivity contribution in [1.29, 1.82) is 0 Å². The molecule has 1 aromatic heterocycles. The summed E-state index contributed by atoms with van der Waals surface area (Å²) in [7, 11) is 1.96. The van der Waals surface area contributed by atoms with Crippen molar-refractivity contribution in [2.75, 3.05) is 6.54 Å². The maximum Gasteiger partial charge on any atom is 0.110 e. The zero-order valence-corrected chi connectivity index (χ0v) is 7.43. The van der Waals surface area contributed by atoms with Gasteiger partial charge in [-0.25, -0.2) is 4.98 Å². The Balaban J connectivity index is 2.83. The van der Waals surface area contributed by atoms with E-state index in [1.807, 2.05) is 11.6 Å². The molecule has 0 saturated heterocycles. The van der Waals surface area contributed by atoms with Crippen LogP contribution in [0.15, 0.2) is 10.8 Å². The summed E-state index contributed by atoms with van der Waals surface area (Å²) in [6, 6.07) is 0. The molecule has 0 aliphatic rings. The summed E-state index contributed by atoms with van der Waals surface area (Å²) in [6.07, 6.45) is 2.62. The maximum absolute atomic E-state index is 5.37. The van der Waals surface area contributed by atoms with Crippen LogP contribution in [0.5, 0.6) is 0 Å². The molecule has 0 atom stereocenters. The van der Waals surface area contributed by atoms with Gasteiger partial charge in [0, 0.05) is 13.5 Å². The lowest BCUT2D eigenvalue weighted by Crippen LogP contribution is -2.07. The number of aromatic nitrogens is 2. The normalized spacial score (nSPS) is 10.3. The molecule has 1 rings (SSSR count).